The first-order chi connectivity index (χ1) is 13.7. The molecule has 1 amide bonds. The number of halogens is 1. The molecule has 3 rings (SSSR count). The molecule has 0 atom stereocenters. The number of carbonyl (C=O) groups is 1. The fourth-order valence-corrected chi connectivity index (χ4v) is 2.83. The molecule has 0 radical (unpaired) electrons. The summed E-state index contributed by atoms with van der Waals surface area (Å²) in [5.41, 5.74) is 2.01. The SMILES string of the molecule is CN=C(NCCCNC(=O)c1occc1C)NCCc1ccc2c(c1)OCO2.I. The van der Waals surface area contributed by atoms with Crippen LogP contribution in [0.1, 0.15) is 28.1 Å². The molecule has 1 aliphatic rings. The number of carbonyl (C=O) groups excluding carboxylic acids is 1. The first-order valence-electron chi connectivity index (χ1n) is 9.32. The normalized spacial score (nSPS) is 12.3. The van der Waals surface area contributed by atoms with Gasteiger partial charge in [-0.1, -0.05) is 6.07 Å². The molecule has 2 heterocycles. The highest BCUT2D eigenvalue weighted by Crippen LogP contribution is 2.32. The third kappa shape index (κ3) is 6.55. The van der Waals surface area contributed by atoms with Gasteiger partial charge in [0.2, 0.25) is 6.79 Å². The van der Waals surface area contributed by atoms with Crippen LogP contribution in [0.2, 0.25) is 0 Å². The quantitative estimate of drug-likeness (QED) is 0.217. The zero-order valence-corrected chi connectivity index (χ0v) is 18.9. The molecule has 0 spiro atoms. The first-order valence-corrected chi connectivity index (χ1v) is 9.32. The van der Waals surface area contributed by atoms with E-state index in [2.05, 4.69) is 20.9 Å². The Morgan fingerprint density at radius 3 is 2.59 bits per heavy atom. The van der Waals surface area contributed by atoms with Crippen molar-refractivity contribution in [2.75, 3.05) is 33.5 Å². The number of benzene rings is 1. The number of fused-ring (bicyclic) bond motifs is 1. The average molecular weight is 514 g/mol. The predicted octanol–water partition coefficient (Wildman–Crippen LogP) is 2.46. The minimum Gasteiger partial charge on any atom is -0.459 e. The fourth-order valence-electron chi connectivity index (χ4n) is 2.83. The van der Waals surface area contributed by atoms with Crippen LogP contribution in [-0.2, 0) is 6.42 Å². The number of hydrogen-bond donors (Lipinski definition) is 3. The summed E-state index contributed by atoms with van der Waals surface area (Å²) < 4.78 is 15.9. The lowest BCUT2D eigenvalue weighted by atomic mass is 10.1. The van der Waals surface area contributed by atoms with Crippen molar-refractivity contribution in [1.82, 2.24) is 16.0 Å². The fraction of sp³-hybridized carbons (Fsp3) is 0.400. The van der Waals surface area contributed by atoms with Crippen LogP contribution in [0, 0.1) is 6.92 Å². The molecular weight excluding hydrogens is 487 g/mol. The standard InChI is InChI=1S/C20H26N4O4.HI/c1-14-7-11-26-18(14)19(25)22-8-3-9-23-20(21-2)24-10-6-15-4-5-16-17(12-15)28-13-27-16;/h4-5,7,11-12H,3,6,8-10,13H2,1-2H3,(H,22,25)(H2,21,23,24);1H. The summed E-state index contributed by atoms with van der Waals surface area (Å²) in [6.07, 6.45) is 3.13. The first kappa shape index (κ1) is 22.9. The number of ether oxygens (including phenoxy) is 2. The van der Waals surface area contributed by atoms with Crippen LogP contribution >= 0.6 is 24.0 Å². The second-order valence-electron chi connectivity index (χ2n) is 6.41. The Balaban J connectivity index is 0.00000300. The monoisotopic (exact) mass is 514 g/mol. The summed E-state index contributed by atoms with van der Waals surface area (Å²) in [4.78, 5) is 16.2. The van der Waals surface area contributed by atoms with Crippen molar-refractivity contribution in [3.8, 4) is 11.5 Å². The van der Waals surface area contributed by atoms with Gasteiger partial charge < -0.3 is 29.8 Å². The van der Waals surface area contributed by atoms with E-state index < -0.39 is 0 Å². The Morgan fingerprint density at radius 2 is 1.83 bits per heavy atom. The highest BCUT2D eigenvalue weighted by Gasteiger charge is 2.13. The van der Waals surface area contributed by atoms with E-state index in [0.717, 1.165) is 42.4 Å². The maximum absolute atomic E-state index is 11.9. The van der Waals surface area contributed by atoms with Gasteiger partial charge >= 0.3 is 0 Å². The van der Waals surface area contributed by atoms with Crippen molar-refractivity contribution in [3.63, 3.8) is 0 Å². The minimum absolute atomic E-state index is 0. The highest BCUT2D eigenvalue weighted by molar-refractivity contribution is 14.0. The Bertz CT molecular complexity index is 838. The molecular formula is C20H27IN4O4. The summed E-state index contributed by atoms with van der Waals surface area (Å²) in [7, 11) is 1.73. The summed E-state index contributed by atoms with van der Waals surface area (Å²) in [5.74, 6) is 2.51. The summed E-state index contributed by atoms with van der Waals surface area (Å²) in [5, 5.41) is 9.36. The minimum atomic E-state index is -0.186. The van der Waals surface area contributed by atoms with E-state index in [1.165, 1.54) is 11.8 Å². The third-order valence-electron chi connectivity index (χ3n) is 4.37. The number of aliphatic imine (C=N–C) groups is 1. The van der Waals surface area contributed by atoms with Crippen LogP contribution in [0.25, 0.3) is 0 Å². The van der Waals surface area contributed by atoms with Crippen LogP contribution in [0.3, 0.4) is 0 Å². The Hall–Kier alpha value is -2.43. The van der Waals surface area contributed by atoms with Crippen molar-refractivity contribution in [1.29, 1.82) is 0 Å². The summed E-state index contributed by atoms with van der Waals surface area (Å²) in [6, 6.07) is 7.75. The van der Waals surface area contributed by atoms with Gasteiger partial charge in [0.1, 0.15) is 0 Å². The van der Waals surface area contributed by atoms with E-state index >= 15 is 0 Å². The topological polar surface area (TPSA) is 97.1 Å². The van der Waals surface area contributed by atoms with Crippen LogP contribution < -0.4 is 25.4 Å². The Morgan fingerprint density at radius 1 is 1.07 bits per heavy atom. The average Bonchev–Trinajstić information content (AvgIpc) is 3.34. The molecule has 0 saturated heterocycles. The number of nitrogens with one attached hydrogen (secondary N) is 3. The van der Waals surface area contributed by atoms with Crippen LogP contribution in [0.5, 0.6) is 11.5 Å². The number of nitrogens with zero attached hydrogens (tertiary/aromatic N) is 1. The molecule has 1 aliphatic heterocycles. The van der Waals surface area contributed by atoms with Crippen molar-refractivity contribution in [3.05, 3.63) is 47.4 Å². The summed E-state index contributed by atoms with van der Waals surface area (Å²) in [6.45, 7) is 4.13. The molecule has 158 valence electrons. The number of guanidine groups is 1. The zero-order chi connectivity index (χ0) is 19.8. The van der Waals surface area contributed by atoms with Crippen LogP contribution in [0.15, 0.2) is 39.9 Å². The van der Waals surface area contributed by atoms with E-state index in [0.29, 0.717) is 18.8 Å². The van der Waals surface area contributed by atoms with Gasteiger partial charge in [-0.2, -0.15) is 0 Å². The predicted molar refractivity (Wildman–Crippen MR) is 121 cm³/mol. The smallest absolute Gasteiger partial charge is 0.287 e. The maximum Gasteiger partial charge on any atom is 0.287 e. The maximum atomic E-state index is 11.9. The van der Waals surface area contributed by atoms with Crippen molar-refractivity contribution < 1.29 is 18.7 Å². The van der Waals surface area contributed by atoms with Crippen molar-refractivity contribution in [2.45, 2.75) is 19.8 Å². The molecule has 0 fully saturated rings. The van der Waals surface area contributed by atoms with Gasteiger partial charge in [-0.05, 0) is 43.5 Å². The highest BCUT2D eigenvalue weighted by atomic mass is 127. The third-order valence-corrected chi connectivity index (χ3v) is 4.37. The lowest BCUT2D eigenvalue weighted by molar-refractivity contribution is 0.0925. The lowest BCUT2D eigenvalue weighted by Crippen LogP contribution is -2.39. The van der Waals surface area contributed by atoms with Gasteiger partial charge in [0.25, 0.3) is 5.91 Å². The largest absolute Gasteiger partial charge is 0.459 e. The van der Waals surface area contributed by atoms with Gasteiger partial charge in [0, 0.05) is 32.2 Å². The molecule has 8 nitrogen and oxygen atoms in total. The molecule has 29 heavy (non-hydrogen) atoms. The molecule has 1 aromatic heterocycles. The Labute approximate surface area is 187 Å². The van der Waals surface area contributed by atoms with E-state index in [4.69, 9.17) is 13.9 Å². The molecule has 9 heteroatoms. The van der Waals surface area contributed by atoms with E-state index in [9.17, 15) is 4.79 Å². The van der Waals surface area contributed by atoms with E-state index in [1.54, 1.807) is 13.1 Å². The number of furan rings is 1. The van der Waals surface area contributed by atoms with Crippen molar-refractivity contribution in [2.24, 2.45) is 4.99 Å². The molecule has 3 N–H and O–H groups in total. The second-order valence-corrected chi connectivity index (χ2v) is 6.41. The number of rotatable bonds is 8. The lowest BCUT2D eigenvalue weighted by Gasteiger charge is -2.12. The van der Waals surface area contributed by atoms with Gasteiger partial charge in [0.05, 0.1) is 6.26 Å². The van der Waals surface area contributed by atoms with Gasteiger partial charge in [-0.25, -0.2) is 0 Å². The molecule has 1 aromatic carbocycles. The van der Waals surface area contributed by atoms with Gasteiger partial charge in [-0.15, -0.1) is 24.0 Å². The van der Waals surface area contributed by atoms with E-state index in [-0.39, 0.29) is 36.7 Å². The van der Waals surface area contributed by atoms with Crippen LogP contribution in [0.4, 0.5) is 0 Å². The Kier molecular flexibility index (Phi) is 9.10. The van der Waals surface area contributed by atoms with Gasteiger partial charge in [-0.3, -0.25) is 9.79 Å². The zero-order valence-electron chi connectivity index (χ0n) is 16.6. The summed E-state index contributed by atoms with van der Waals surface area (Å²) >= 11 is 0. The number of hydrogen-bond acceptors (Lipinski definition) is 5. The molecule has 0 bridgehead atoms. The van der Waals surface area contributed by atoms with E-state index in [1.807, 2.05) is 25.1 Å². The van der Waals surface area contributed by atoms with Gasteiger partial charge in [0.15, 0.2) is 23.2 Å². The molecule has 0 unspecified atom stereocenters. The number of amides is 1. The molecule has 2 aromatic rings. The van der Waals surface area contributed by atoms with Crippen molar-refractivity contribution >= 4 is 35.8 Å². The molecule has 0 saturated carbocycles. The molecule has 0 aliphatic carbocycles. The second kappa shape index (κ2) is 11.5. The number of aryl methyl sites for hydroxylation is 1. The van der Waals surface area contributed by atoms with Crippen LogP contribution in [-0.4, -0.2) is 45.3 Å².